The molecule has 0 radical (unpaired) electrons. The highest BCUT2D eigenvalue weighted by atomic mass is 15.2. The number of hydrogen-bond donors (Lipinski definition) is 1. The quantitative estimate of drug-likeness (QED) is 0.829. The first-order valence-electron chi connectivity index (χ1n) is 8.21. The van der Waals surface area contributed by atoms with Gasteiger partial charge in [0, 0.05) is 5.56 Å². The lowest BCUT2D eigenvalue weighted by Crippen LogP contribution is -2.65. The summed E-state index contributed by atoms with van der Waals surface area (Å²) in [5.41, 5.74) is 1.58. The fourth-order valence-corrected chi connectivity index (χ4v) is 5.76. The molecule has 4 aliphatic carbocycles. The van der Waals surface area contributed by atoms with Gasteiger partial charge in [-0.2, -0.15) is 0 Å². The lowest BCUT2D eigenvalue weighted by molar-refractivity contribution is -0.0563. The molecule has 0 amide bonds. The van der Waals surface area contributed by atoms with Crippen molar-refractivity contribution >= 4 is 5.84 Å². The molecule has 1 spiro atoms. The van der Waals surface area contributed by atoms with Crippen LogP contribution in [0.1, 0.15) is 37.7 Å². The molecule has 2 nitrogen and oxygen atoms in total. The van der Waals surface area contributed by atoms with Crippen LogP contribution < -0.4 is 5.32 Å². The molecule has 104 valence electrons. The number of hydrogen-bond acceptors (Lipinski definition) is 2. The van der Waals surface area contributed by atoms with E-state index < -0.39 is 0 Å². The summed E-state index contributed by atoms with van der Waals surface area (Å²) in [6.07, 6.45) is 7.35. The van der Waals surface area contributed by atoms with Gasteiger partial charge in [0.2, 0.25) is 0 Å². The highest BCUT2D eigenvalue weighted by Crippen LogP contribution is 2.59. The predicted octanol–water partition coefficient (Wildman–Crippen LogP) is 3.23. The standard InChI is InChI=1S/C18H22N2/c1-2-4-14(5-3-1)17-19-11-18(20-17)15-7-12-6-13(9-15)10-16(18)8-12/h1-5,12-13,15-16H,6-11H2,(H,19,20). The summed E-state index contributed by atoms with van der Waals surface area (Å²) >= 11 is 0. The predicted molar refractivity (Wildman–Crippen MR) is 80.8 cm³/mol. The van der Waals surface area contributed by atoms with E-state index in [2.05, 4.69) is 35.6 Å². The molecule has 0 unspecified atom stereocenters. The fraction of sp³-hybridized carbons (Fsp3) is 0.611. The largest absolute Gasteiger partial charge is 0.362 e. The second kappa shape index (κ2) is 3.87. The van der Waals surface area contributed by atoms with Crippen molar-refractivity contribution in [2.24, 2.45) is 28.7 Å². The first kappa shape index (κ1) is 11.4. The van der Waals surface area contributed by atoms with E-state index in [0.717, 1.165) is 36.1 Å². The minimum Gasteiger partial charge on any atom is -0.362 e. The van der Waals surface area contributed by atoms with Crippen molar-refractivity contribution in [2.45, 2.75) is 37.6 Å². The van der Waals surface area contributed by atoms with Crippen molar-refractivity contribution in [2.75, 3.05) is 6.54 Å². The zero-order chi connectivity index (χ0) is 13.2. The Bertz CT molecular complexity index is 532. The molecule has 5 aliphatic rings. The Balaban J connectivity index is 1.46. The van der Waals surface area contributed by atoms with Gasteiger partial charge in [0.05, 0.1) is 12.1 Å². The Labute approximate surface area is 120 Å². The number of aliphatic imine (C=N–C) groups is 1. The first-order chi connectivity index (χ1) is 9.83. The molecular weight excluding hydrogens is 244 g/mol. The molecular formula is C18H22N2. The van der Waals surface area contributed by atoms with Gasteiger partial charge in [0.15, 0.2) is 0 Å². The van der Waals surface area contributed by atoms with Gasteiger partial charge in [0.25, 0.3) is 0 Å². The number of amidine groups is 1. The Hall–Kier alpha value is -1.31. The van der Waals surface area contributed by atoms with Crippen LogP contribution in [-0.2, 0) is 0 Å². The van der Waals surface area contributed by atoms with E-state index in [1.165, 1.54) is 37.7 Å². The topological polar surface area (TPSA) is 24.4 Å². The van der Waals surface area contributed by atoms with Crippen molar-refractivity contribution < 1.29 is 0 Å². The molecule has 1 aromatic carbocycles. The summed E-state index contributed by atoms with van der Waals surface area (Å²) in [6.45, 7) is 1.02. The second-order valence-electron chi connectivity index (χ2n) is 7.50. The highest BCUT2D eigenvalue weighted by Gasteiger charge is 2.58. The molecule has 1 heterocycles. The van der Waals surface area contributed by atoms with E-state index in [1.807, 2.05) is 0 Å². The van der Waals surface area contributed by atoms with Crippen LogP contribution in [0.4, 0.5) is 0 Å². The number of rotatable bonds is 1. The van der Waals surface area contributed by atoms with Crippen LogP contribution in [0.15, 0.2) is 35.3 Å². The maximum atomic E-state index is 4.91. The second-order valence-corrected chi connectivity index (χ2v) is 7.50. The van der Waals surface area contributed by atoms with Gasteiger partial charge in [-0.3, -0.25) is 4.99 Å². The van der Waals surface area contributed by atoms with Gasteiger partial charge < -0.3 is 5.32 Å². The van der Waals surface area contributed by atoms with Gasteiger partial charge in [-0.05, 0) is 55.8 Å². The Morgan fingerprint density at radius 1 is 0.900 bits per heavy atom. The average molecular weight is 266 g/mol. The Kier molecular flexibility index (Phi) is 2.20. The molecule has 4 bridgehead atoms. The maximum Gasteiger partial charge on any atom is 0.128 e. The van der Waals surface area contributed by atoms with Crippen LogP contribution in [0.3, 0.4) is 0 Å². The number of nitrogens with one attached hydrogen (secondary N) is 1. The minimum absolute atomic E-state index is 0.318. The summed E-state index contributed by atoms with van der Waals surface area (Å²) in [5.74, 6) is 4.97. The van der Waals surface area contributed by atoms with Crippen molar-refractivity contribution in [3.05, 3.63) is 35.9 Å². The van der Waals surface area contributed by atoms with Gasteiger partial charge in [-0.15, -0.1) is 0 Å². The molecule has 6 rings (SSSR count). The van der Waals surface area contributed by atoms with Crippen LogP contribution in [0, 0.1) is 23.7 Å². The third-order valence-corrected chi connectivity index (χ3v) is 6.49. The van der Waals surface area contributed by atoms with Crippen LogP contribution >= 0.6 is 0 Å². The van der Waals surface area contributed by atoms with Crippen LogP contribution in [0.25, 0.3) is 0 Å². The monoisotopic (exact) mass is 266 g/mol. The molecule has 1 N–H and O–H groups in total. The van der Waals surface area contributed by atoms with Gasteiger partial charge >= 0.3 is 0 Å². The van der Waals surface area contributed by atoms with E-state index in [0.29, 0.717) is 5.54 Å². The third kappa shape index (κ3) is 1.43. The number of benzene rings is 1. The van der Waals surface area contributed by atoms with E-state index in [-0.39, 0.29) is 0 Å². The summed E-state index contributed by atoms with van der Waals surface area (Å²) in [6, 6.07) is 10.7. The van der Waals surface area contributed by atoms with Crippen LogP contribution in [0.5, 0.6) is 0 Å². The minimum atomic E-state index is 0.318. The van der Waals surface area contributed by atoms with Crippen molar-refractivity contribution in [3.63, 3.8) is 0 Å². The summed E-state index contributed by atoms with van der Waals surface area (Å²) in [4.78, 5) is 4.91. The molecule has 20 heavy (non-hydrogen) atoms. The van der Waals surface area contributed by atoms with Crippen LogP contribution in [-0.4, -0.2) is 17.9 Å². The van der Waals surface area contributed by atoms with E-state index in [1.54, 1.807) is 0 Å². The summed E-state index contributed by atoms with van der Waals surface area (Å²) in [7, 11) is 0. The normalized spacial score (nSPS) is 44.7. The molecule has 0 saturated heterocycles. The lowest BCUT2D eigenvalue weighted by Gasteiger charge is -2.60. The number of nitrogens with zero attached hydrogens (tertiary/aromatic N) is 1. The zero-order valence-corrected chi connectivity index (χ0v) is 11.9. The van der Waals surface area contributed by atoms with Crippen molar-refractivity contribution in [1.82, 2.24) is 5.32 Å². The van der Waals surface area contributed by atoms with Crippen LogP contribution in [0.2, 0.25) is 0 Å². The maximum absolute atomic E-state index is 4.91. The third-order valence-electron chi connectivity index (χ3n) is 6.49. The summed E-state index contributed by atoms with van der Waals surface area (Å²) < 4.78 is 0. The molecule has 2 heteroatoms. The van der Waals surface area contributed by atoms with E-state index >= 15 is 0 Å². The van der Waals surface area contributed by atoms with E-state index in [4.69, 9.17) is 4.99 Å². The van der Waals surface area contributed by atoms with Crippen molar-refractivity contribution in [1.29, 1.82) is 0 Å². The highest BCUT2D eigenvalue weighted by molar-refractivity contribution is 6.00. The van der Waals surface area contributed by atoms with Gasteiger partial charge in [0.1, 0.15) is 5.84 Å². The average Bonchev–Trinajstić information content (AvgIpc) is 2.91. The Morgan fingerprint density at radius 2 is 1.55 bits per heavy atom. The van der Waals surface area contributed by atoms with E-state index in [9.17, 15) is 0 Å². The Morgan fingerprint density at radius 3 is 2.20 bits per heavy atom. The van der Waals surface area contributed by atoms with Gasteiger partial charge in [-0.25, -0.2) is 0 Å². The van der Waals surface area contributed by atoms with Crippen molar-refractivity contribution in [3.8, 4) is 0 Å². The summed E-state index contributed by atoms with van der Waals surface area (Å²) in [5, 5.41) is 3.92. The van der Waals surface area contributed by atoms with Gasteiger partial charge in [-0.1, -0.05) is 30.3 Å². The zero-order valence-electron chi connectivity index (χ0n) is 11.9. The lowest BCUT2D eigenvalue weighted by atomic mass is 9.48. The fourth-order valence-electron chi connectivity index (χ4n) is 5.76. The first-order valence-corrected chi connectivity index (χ1v) is 8.21. The molecule has 4 saturated carbocycles. The molecule has 4 fully saturated rings. The SMILES string of the molecule is c1ccc(C2=NCC3(N2)C2CC4CC(C2)CC3C4)cc1. The smallest absolute Gasteiger partial charge is 0.128 e. The molecule has 1 aliphatic heterocycles. The molecule has 0 atom stereocenters. The molecule has 0 aromatic heterocycles. The molecule has 1 aromatic rings.